The van der Waals surface area contributed by atoms with Gasteiger partial charge in [0.1, 0.15) is 5.76 Å². The van der Waals surface area contributed by atoms with Crippen molar-refractivity contribution in [2.24, 2.45) is 11.8 Å². The van der Waals surface area contributed by atoms with Gasteiger partial charge in [0, 0.05) is 0 Å². The van der Waals surface area contributed by atoms with Gasteiger partial charge in [-0.2, -0.15) is 0 Å². The number of hydrazine groups is 1. The van der Waals surface area contributed by atoms with Crippen molar-refractivity contribution >= 4 is 5.91 Å². The average Bonchev–Trinajstić information content (AvgIpc) is 2.86. The van der Waals surface area contributed by atoms with E-state index in [4.69, 9.17) is 10.3 Å². The molecular formula is C13H21N3O3. The van der Waals surface area contributed by atoms with E-state index in [0.717, 1.165) is 25.9 Å². The second-order valence-corrected chi connectivity index (χ2v) is 5.09. The van der Waals surface area contributed by atoms with Gasteiger partial charge in [-0.05, 0) is 44.8 Å². The Balaban J connectivity index is 1.93. The van der Waals surface area contributed by atoms with E-state index >= 15 is 0 Å². The summed E-state index contributed by atoms with van der Waals surface area (Å²) in [6, 6.07) is 1.63. The second-order valence-electron chi connectivity index (χ2n) is 5.09. The summed E-state index contributed by atoms with van der Waals surface area (Å²) >= 11 is 0. The highest BCUT2D eigenvalue weighted by atomic mass is 16.3. The van der Waals surface area contributed by atoms with E-state index in [0.29, 0.717) is 23.8 Å². The molecule has 0 radical (unpaired) electrons. The third-order valence-corrected chi connectivity index (χ3v) is 3.80. The van der Waals surface area contributed by atoms with Crippen molar-refractivity contribution in [2.45, 2.75) is 32.4 Å². The minimum absolute atomic E-state index is 0.246. The van der Waals surface area contributed by atoms with Crippen LogP contribution in [-0.4, -0.2) is 35.1 Å². The molecule has 1 amide bonds. The van der Waals surface area contributed by atoms with Crippen LogP contribution >= 0.6 is 0 Å². The lowest BCUT2D eigenvalue weighted by Gasteiger charge is -2.32. The van der Waals surface area contributed by atoms with Crippen LogP contribution < -0.4 is 11.3 Å². The fraction of sp³-hybridized carbons (Fsp3) is 0.615. The van der Waals surface area contributed by atoms with Crippen LogP contribution in [0.1, 0.15) is 35.9 Å². The molecule has 19 heavy (non-hydrogen) atoms. The predicted molar refractivity (Wildman–Crippen MR) is 70.0 cm³/mol. The van der Waals surface area contributed by atoms with Gasteiger partial charge in [-0.15, -0.1) is 0 Å². The molecule has 0 saturated carbocycles. The fourth-order valence-corrected chi connectivity index (χ4v) is 2.54. The zero-order valence-corrected chi connectivity index (χ0v) is 11.1. The zero-order valence-electron chi connectivity index (χ0n) is 11.1. The number of likely N-dealkylation sites (tertiary alicyclic amines) is 1. The number of carbonyl (C=O) groups excluding carboxylic acids is 1. The first-order chi connectivity index (χ1) is 9.11. The Kier molecular flexibility index (Phi) is 4.57. The van der Waals surface area contributed by atoms with Gasteiger partial charge >= 0.3 is 0 Å². The molecule has 2 rings (SSSR count). The summed E-state index contributed by atoms with van der Waals surface area (Å²) in [6.45, 7) is 4.25. The van der Waals surface area contributed by atoms with E-state index in [2.05, 4.69) is 10.3 Å². The molecule has 2 heterocycles. The van der Waals surface area contributed by atoms with Crippen LogP contribution in [0.4, 0.5) is 0 Å². The van der Waals surface area contributed by atoms with Crippen molar-refractivity contribution in [3.8, 4) is 0 Å². The SMILES string of the molecule is CC(O)C1CCN(Cc2occc2C(=O)NN)CC1. The molecule has 1 fully saturated rings. The molecule has 0 bridgehead atoms. The smallest absolute Gasteiger partial charge is 0.268 e. The minimum Gasteiger partial charge on any atom is -0.467 e. The van der Waals surface area contributed by atoms with E-state index in [9.17, 15) is 9.90 Å². The lowest BCUT2D eigenvalue weighted by molar-refractivity contribution is 0.0671. The Hall–Kier alpha value is -1.37. The molecule has 1 unspecified atom stereocenters. The number of hydrogen-bond acceptors (Lipinski definition) is 5. The Morgan fingerprint density at radius 2 is 2.32 bits per heavy atom. The molecular weight excluding hydrogens is 246 g/mol. The van der Waals surface area contributed by atoms with Gasteiger partial charge in [-0.3, -0.25) is 15.1 Å². The maximum atomic E-state index is 11.5. The molecule has 4 N–H and O–H groups in total. The topological polar surface area (TPSA) is 91.7 Å². The number of amides is 1. The summed E-state index contributed by atoms with van der Waals surface area (Å²) in [5.74, 6) is 5.82. The second kappa shape index (κ2) is 6.18. The Labute approximate surface area is 112 Å². The molecule has 1 aromatic rings. The number of aliphatic hydroxyl groups is 1. The number of nitrogen functional groups attached to an aromatic ring is 1. The van der Waals surface area contributed by atoms with Crippen molar-refractivity contribution in [2.75, 3.05) is 13.1 Å². The Bertz CT molecular complexity index is 423. The van der Waals surface area contributed by atoms with Gasteiger partial charge in [-0.1, -0.05) is 0 Å². The molecule has 0 aromatic carbocycles. The first-order valence-electron chi connectivity index (χ1n) is 6.59. The van der Waals surface area contributed by atoms with E-state index in [1.165, 1.54) is 6.26 Å². The standard InChI is InChI=1S/C13H21N3O3/c1-9(17)10-2-5-16(6-3-10)8-12-11(4-7-19-12)13(18)15-14/h4,7,9-10,17H,2-3,5-6,8,14H2,1H3,(H,15,18). The van der Waals surface area contributed by atoms with Gasteiger partial charge < -0.3 is 9.52 Å². The van der Waals surface area contributed by atoms with Gasteiger partial charge in [0.25, 0.3) is 5.91 Å². The summed E-state index contributed by atoms with van der Waals surface area (Å²) in [6.07, 6.45) is 3.19. The van der Waals surface area contributed by atoms with Crippen LogP contribution in [0.5, 0.6) is 0 Å². The van der Waals surface area contributed by atoms with Crippen LogP contribution in [0, 0.1) is 5.92 Å². The first kappa shape index (κ1) is 14.0. The maximum Gasteiger partial charge on any atom is 0.268 e. The lowest BCUT2D eigenvalue weighted by atomic mass is 9.92. The monoisotopic (exact) mass is 267 g/mol. The number of piperidine rings is 1. The molecule has 0 spiro atoms. The summed E-state index contributed by atoms with van der Waals surface area (Å²) in [4.78, 5) is 13.8. The summed E-state index contributed by atoms with van der Waals surface area (Å²) in [7, 11) is 0. The van der Waals surface area contributed by atoms with Crippen molar-refractivity contribution in [3.05, 3.63) is 23.7 Å². The zero-order chi connectivity index (χ0) is 13.8. The van der Waals surface area contributed by atoms with Crippen LogP contribution in [-0.2, 0) is 6.54 Å². The third-order valence-electron chi connectivity index (χ3n) is 3.80. The predicted octanol–water partition coefficient (Wildman–Crippen LogP) is 0.476. The molecule has 1 atom stereocenters. The Morgan fingerprint density at radius 3 is 2.89 bits per heavy atom. The first-order valence-corrected chi connectivity index (χ1v) is 6.59. The van der Waals surface area contributed by atoms with Gasteiger partial charge in [0.05, 0.1) is 24.5 Å². The number of aliphatic hydroxyl groups excluding tert-OH is 1. The van der Waals surface area contributed by atoms with Crippen molar-refractivity contribution in [3.63, 3.8) is 0 Å². The van der Waals surface area contributed by atoms with E-state index in [1.54, 1.807) is 6.07 Å². The fourth-order valence-electron chi connectivity index (χ4n) is 2.54. The molecule has 0 aliphatic carbocycles. The molecule has 6 nitrogen and oxygen atoms in total. The molecule has 106 valence electrons. The van der Waals surface area contributed by atoms with Crippen LogP contribution in [0.3, 0.4) is 0 Å². The maximum absolute atomic E-state index is 11.5. The van der Waals surface area contributed by atoms with Crippen LogP contribution in [0.25, 0.3) is 0 Å². The highest BCUT2D eigenvalue weighted by Gasteiger charge is 2.24. The summed E-state index contributed by atoms with van der Waals surface area (Å²) in [5.41, 5.74) is 2.60. The number of hydrogen-bond donors (Lipinski definition) is 3. The van der Waals surface area contributed by atoms with Gasteiger partial charge in [0.15, 0.2) is 0 Å². The van der Waals surface area contributed by atoms with Gasteiger partial charge in [0.2, 0.25) is 0 Å². The number of nitrogens with two attached hydrogens (primary N) is 1. The summed E-state index contributed by atoms with van der Waals surface area (Å²) in [5, 5.41) is 9.57. The van der Waals surface area contributed by atoms with E-state index in [-0.39, 0.29) is 12.0 Å². The normalized spacial score (nSPS) is 19.3. The van der Waals surface area contributed by atoms with Crippen LogP contribution in [0.2, 0.25) is 0 Å². The van der Waals surface area contributed by atoms with Crippen molar-refractivity contribution < 1.29 is 14.3 Å². The summed E-state index contributed by atoms with van der Waals surface area (Å²) < 4.78 is 5.36. The average molecular weight is 267 g/mol. The van der Waals surface area contributed by atoms with Gasteiger partial charge in [-0.25, -0.2) is 5.84 Å². The molecule has 6 heteroatoms. The number of carbonyl (C=O) groups is 1. The lowest BCUT2D eigenvalue weighted by Crippen LogP contribution is -2.37. The quantitative estimate of drug-likeness (QED) is 0.419. The number of rotatable bonds is 4. The highest BCUT2D eigenvalue weighted by molar-refractivity contribution is 5.94. The van der Waals surface area contributed by atoms with Crippen molar-refractivity contribution in [1.29, 1.82) is 0 Å². The number of nitrogens with one attached hydrogen (secondary N) is 1. The third kappa shape index (κ3) is 3.34. The van der Waals surface area contributed by atoms with E-state index in [1.807, 2.05) is 6.92 Å². The van der Waals surface area contributed by atoms with Crippen molar-refractivity contribution in [1.82, 2.24) is 10.3 Å². The molecule has 1 saturated heterocycles. The molecule has 1 aromatic heterocycles. The minimum atomic E-state index is -0.331. The van der Waals surface area contributed by atoms with E-state index < -0.39 is 0 Å². The number of furan rings is 1. The highest BCUT2D eigenvalue weighted by Crippen LogP contribution is 2.23. The Morgan fingerprint density at radius 1 is 1.63 bits per heavy atom. The molecule has 1 aliphatic rings. The molecule has 1 aliphatic heterocycles. The number of nitrogens with zero attached hydrogens (tertiary/aromatic N) is 1. The van der Waals surface area contributed by atoms with Crippen LogP contribution in [0.15, 0.2) is 16.7 Å². The largest absolute Gasteiger partial charge is 0.467 e.